The van der Waals surface area contributed by atoms with E-state index in [-0.39, 0.29) is 17.7 Å². The number of carbonyl (C=O) groups is 1. The van der Waals surface area contributed by atoms with Crippen LogP contribution in [0.3, 0.4) is 0 Å². The van der Waals surface area contributed by atoms with Crippen molar-refractivity contribution in [1.82, 2.24) is 5.43 Å². The summed E-state index contributed by atoms with van der Waals surface area (Å²) in [6, 6.07) is 15.6. The Hall–Kier alpha value is -3.52. The normalized spacial score (nSPS) is 18.7. The van der Waals surface area contributed by atoms with Gasteiger partial charge in [-0.2, -0.15) is 5.10 Å². The minimum absolute atomic E-state index is 0.0960. The number of hydrazone groups is 1. The minimum atomic E-state index is -0.305. The van der Waals surface area contributed by atoms with Gasteiger partial charge >= 0.3 is 0 Å². The van der Waals surface area contributed by atoms with Gasteiger partial charge in [0.15, 0.2) is 0 Å². The molecule has 1 aromatic heterocycles. The van der Waals surface area contributed by atoms with Crippen molar-refractivity contribution in [3.63, 3.8) is 0 Å². The van der Waals surface area contributed by atoms with Crippen LogP contribution in [0.1, 0.15) is 21.9 Å². The second-order valence-corrected chi connectivity index (χ2v) is 9.08. The maximum Gasteiger partial charge on any atom is 0.231 e. The molecule has 2 atom stereocenters. The number of hydrogen-bond donors (Lipinski definition) is 2. The molecule has 0 saturated heterocycles. The third kappa shape index (κ3) is 4.80. The van der Waals surface area contributed by atoms with Crippen molar-refractivity contribution < 1.29 is 19.0 Å². The van der Waals surface area contributed by atoms with E-state index >= 15 is 0 Å². The standard InChI is InChI=1S/C25H25N3O4S/c1-30-20-5-7-23-17(10-20)9-18(14-31-23)25(29)28-22-6-4-16(19-12-26-27-13-19)11-24(22)32-15-21-3-2-8-33-21/h2-8,10-12,18-19,27H,9,13-15H2,1H3,(H,28,29). The van der Waals surface area contributed by atoms with Gasteiger partial charge in [0.1, 0.15) is 30.5 Å². The second-order valence-electron chi connectivity index (χ2n) is 8.05. The summed E-state index contributed by atoms with van der Waals surface area (Å²) in [7, 11) is 1.63. The van der Waals surface area contributed by atoms with E-state index in [1.54, 1.807) is 18.4 Å². The Morgan fingerprint density at radius 2 is 2.21 bits per heavy atom. The summed E-state index contributed by atoms with van der Waals surface area (Å²) in [6.07, 6.45) is 2.48. The van der Waals surface area contributed by atoms with Gasteiger partial charge in [0, 0.05) is 23.6 Å². The van der Waals surface area contributed by atoms with Gasteiger partial charge in [-0.15, -0.1) is 11.3 Å². The topological polar surface area (TPSA) is 81.2 Å². The zero-order valence-electron chi connectivity index (χ0n) is 18.2. The molecular formula is C25H25N3O4S. The highest BCUT2D eigenvalue weighted by Gasteiger charge is 2.27. The summed E-state index contributed by atoms with van der Waals surface area (Å²) >= 11 is 1.64. The van der Waals surface area contributed by atoms with E-state index in [2.05, 4.69) is 15.8 Å². The number of amides is 1. The zero-order valence-corrected chi connectivity index (χ0v) is 19.1. The Balaban J connectivity index is 1.33. The lowest BCUT2D eigenvalue weighted by Crippen LogP contribution is -2.32. The Kier molecular flexibility index (Phi) is 6.17. The monoisotopic (exact) mass is 463 g/mol. The van der Waals surface area contributed by atoms with Crippen LogP contribution < -0.4 is 25.0 Å². The fraction of sp³-hybridized carbons (Fsp3) is 0.280. The first-order chi connectivity index (χ1) is 16.2. The molecule has 2 aliphatic rings. The molecule has 0 aliphatic carbocycles. The van der Waals surface area contributed by atoms with E-state index in [0.717, 1.165) is 34.0 Å². The Labute approximate surface area is 196 Å². The summed E-state index contributed by atoms with van der Waals surface area (Å²) in [6.45, 7) is 1.53. The van der Waals surface area contributed by atoms with Gasteiger partial charge in [-0.1, -0.05) is 12.1 Å². The lowest BCUT2D eigenvalue weighted by molar-refractivity contribution is -0.121. The van der Waals surface area contributed by atoms with Crippen molar-refractivity contribution in [3.8, 4) is 17.2 Å². The van der Waals surface area contributed by atoms with E-state index in [1.807, 2.05) is 60.1 Å². The van der Waals surface area contributed by atoms with Crippen LogP contribution in [0.5, 0.6) is 17.2 Å². The molecule has 170 valence electrons. The van der Waals surface area contributed by atoms with Gasteiger partial charge < -0.3 is 25.0 Å². The summed E-state index contributed by atoms with van der Waals surface area (Å²) in [5.74, 6) is 1.98. The number of rotatable bonds is 7. The molecule has 0 fully saturated rings. The highest BCUT2D eigenvalue weighted by atomic mass is 32.1. The average Bonchev–Trinajstić information content (AvgIpc) is 3.57. The van der Waals surface area contributed by atoms with Crippen molar-refractivity contribution in [1.29, 1.82) is 0 Å². The Bertz CT molecular complexity index is 1160. The molecule has 0 radical (unpaired) electrons. The van der Waals surface area contributed by atoms with Crippen LogP contribution in [0.15, 0.2) is 59.0 Å². The van der Waals surface area contributed by atoms with Crippen LogP contribution in [0.25, 0.3) is 0 Å². The van der Waals surface area contributed by atoms with Crippen LogP contribution in [0.4, 0.5) is 5.69 Å². The molecule has 3 heterocycles. The molecule has 5 rings (SSSR count). The molecule has 3 aromatic rings. The van der Waals surface area contributed by atoms with E-state index < -0.39 is 0 Å². The largest absolute Gasteiger partial charge is 0.497 e. The van der Waals surface area contributed by atoms with Crippen molar-refractivity contribution in [2.24, 2.45) is 11.0 Å². The van der Waals surface area contributed by atoms with Crippen LogP contribution >= 0.6 is 11.3 Å². The maximum absolute atomic E-state index is 13.2. The van der Waals surface area contributed by atoms with Crippen molar-refractivity contribution >= 4 is 29.1 Å². The smallest absolute Gasteiger partial charge is 0.231 e. The minimum Gasteiger partial charge on any atom is -0.497 e. The summed E-state index contributed by atoms with van der Waals surface area (Å²) in [5, 5.41) is 9.20. The van der Waals surface area contributed by atoms with Crippen molar-refractivity contribution in [2.45, 2.75) is 18.9 Å². The SMILES string of the molecule is COc1ccc2c(c1)CC(C(=O)Nc1ccc(C3C=NNC3)cc1OCc1cccs1)CO2. The van der Waals surface area contributed by atoms with Gasteiger partial charge in [-0.3, -0.25) is 4.79 Å². The summed E-state index contributed by atoms with van der Waals surface area (Å²) < 4.78 is 17.3. The lowest BCUT2D eigenvalue weighted by atomic mass is 9.95. The number of hydrogen-bond acceptors (Lipinski definition) is 7. The van der Waals surface area contributed by atoms with E-state index in [4.69, 9.17) is 14.2 Å². The van der Waals surface area contributed by atoms with Gasteiger partial charge in [-0.25, -0.2) is 0 Å². The van der Waals surface area contributed by atoms with Gasteiger partial charge in [0.2, 0.25) is 5.91 Å². The number of nitrogens with zero attached hydrogens (tertiary/aromatic N) is 1. The first-order valence-electron chi connectivity index (χ1n) is 10.9. The summed E-state index contributed by atoms with van der Waals surface area (Å²) in [4.78, 5) is 14.3. The number of benzene rings is 2. The third-order valence-electron chi connectivity index (χ3n) is 5.84. The highest BCUT2D eigenvalue weighted by Crippen LogP contribution is 2.34. The molecule has 0 spiro atoms. The van der Waals surface area contributed by atoms with E-state index in [0.29, 0.717) is 31.1 Å². The van der Waals surface area contributed by atoms with E-state index in [1.165, 1.54) is 0 Å². The molecule has 8 heteroatoms. The number of anilines is 1. The molecule has 2 aromatic carbocycles. The predicted molar refractivity (Wildman–Crippen MR) is 129 cm³/mol. The predicted octanol–water partition coefficient (Wildman–Crippen LogP) is 4.20. The molecule has 1 amide bonds. The number of thiophene rings is 1. The number of nitrogens with one attached hydrogen (secondary N) is 2. The molecule has 2 aliphatic heterocycles. The van der Waals surface area contributed by atoms with Gasteiger partial charge in [0.05, 0.1) is 18.7 Å². The molecule has 2 unspecified atom stereocenters. The van der Waals surface area contributed by atoms with Crippen molar-refractivity contribution in [2.75, 3.05) is 25.6 Å². The Morgan fingerprint density at radius 3 is 3.00 bits per heavy atom. The molecular weight excluding hydrogens is 438 g/mol. The van der Waals surface area contributed by atoms with Crippen LogP contribution in [-0.4, -0.2) is 32.4 Å². The Morgan fingerprint density at radius 1 is 1.27 bits per heavy atom. The number of carbonyl (C=O) groups excluding carboxylic acids is 1. The molecule has 0 bridgehead atoms. The average molecular weight is 464 g/mol. The zero-order chi connectivity index (χ0) is 22.6. The first kappa shape index (κ1) is 21.3. The highest BCUT2D eigenvalue weighted by molar-refractivity contribution is 7.09. The second kappa shape index (κ2) is 9.54. The maximum atomic E-state index is 13.2. The number of ether oxygens (including phenoxy) is 3. The molecule has 0 saturated carbocycles. The first-order valence-corrected chi connectivity index (χ1v) is 11.7. The number of fused-ring (bicyclic) bond motifs is 1. The quantitative estimate of drug-likeness (QED) is 0.549. The lowest BCUT2D eigenvalue weighted by Gasteiger charge is -2.25. The molecule has 7 nitrogen and oxygen atoms in total. The summed E-state index contributed by atoms with van der Waals surface area (Å²) in [5.41, 5.74) is 5.70. The fourth-order valence-electron chi connectivity index (χ4n) is 3.99. The number of methoxy groups -OCH3 is 1. The van der Waals surface area contributed by atoms with Crippen LogP contribution in [-0.2, 0) is 17.8 Å². The van der Waals surface area contributed by atoms with Crippen LogP contribution in [0.2, 0.25) is 0 Å². The van der Waals surface area contributed by atoms with Crippen molar-refractivity contribution in [3.05, 3.63) is 69.9 Å². The van der Waals surface area contributed by atoms with Gasteiger partial charge in [-0.05, 0) is 59.3 Å². The fourth-order valence-corrected chi connectivity index (χ4v) is 4.60. The molecule has 2 N–H and O–H groups in total. The third-order valence-corrected chi connectivity index (χ3v) is 6.69. The van der Waals surface area contributed by atoms with E-state index in [9.17, 15) is 4.79 Å². The molecule has 33 heavy (non-hydrogen) atoms. The van der Waals surface area contributed by atoms with Crippen LogP contribution in [0, 0.1) is 5.92 Å². The van der Waals surface area contributed by atoms with Gasteiger partial charge in [0.25, 0.3) is 0 Å².